The molecule has 0 saturated heterocycles. The molecule has 5 rings (SSSR count). The van der Waals surface area contributed by atoms with Gasteiger partial charge in [-0.05, 0) is 87.0 Å². The van der Waals surface area contributed by atoms with E-state index in [9.17, 15) is 10.2 Å². The first-order valence-corrected chi connectivity index (χ1v) is 15.1. The van der Waals surface area contributed by atoms with Gasteiger partial charge in [-0.3, -0.25) is 9.80 Å². The molecule has 0 saturated carbocycles. The largest absolute Gasteiger partial charge is 0.468 e. The normalized spacial score (nSPS) is 20.9. The van der Waals surface area contributed by atoms with Crippen LogP contribution in [0, 0.1) is 0 Å². The highest BCUT2D eigenvalue weighted by Gasteiger charge is 2.27. The quantitative estimate of drug-likeness (QED) is 0.283. The van der Waals surface area contributed by atoms with Crippen LogP contribution in [0.4, 0.5) is 0 Å². The van der Waals surface area contributed by atoms with Crippen LogP contribution in [0.2, 0.25) is 0 Å². The fourth-order valence-electron chi connectivity index (χ4n) is 6.38. The summed E-state index contributed by atoms with van der Waals surface area (Å²) in [7, 11) is 4.04. The predicted molar refractivity (Wildman–Crippen MR) is 160 cm³/mol. The Morgan fingerprint density at radius 3 is 1.78 bits per heavy atom. The summed E-state index contributed by atoms with van der Waals surface area (Å²) in [6, 6.07) is 20.8. The van der Waals surface area contributed by atoms with Crippen molar-refractivity contribution in [3.8, 4) is 0 Å². The SMILES string of the molecule is CN(C)[C@H](CN(C[C@H](O)CO[C@H]1CCCc2ccccc21)C[C@H](O)CO[C@@H]1CCCc2ccccc21)c1ccco1. The highest BCUT2D eigenvalue weighted by Crippen LogP contribution is 2.33. The van der Waals surface area contributed by atoms with Crippen LogP contribution in [0.3, 0.4) is 0 Å². The van der Waals surface area contributed by atoms with E-state index < -0.39 is 12.2 Å². The van der Waals surface area contributed by atoms with Gasteiger partial charge in [0.2, 0.25) is 0 Å². The van der Waals surface area contributed by atoms with Crippen molar-refractivity contribution >= 4 is 0 Å². The molecule has 1 heterocycles. The number of aliphatic hydroxyl groups is 2. The van der Waals surface area contributed by atoms with E-state index in [1.807, 2.05) is 26.2 Å². The van der Waals surface area contributed by atoms with E-state index in [-0.39, 0.29) is 31.5 Å². The molecular formula is C34H46N2O5. The standard InChI is InChI=1S/C34H46N2O5/c1-35(2)31(34-18-9-19-39-34)22-36(20-27(37)23-40-32-16-7-12-25-10-3-5-14-29(25)32)21-28(38)24-41-33-17-8-13-26-11-4-6-15-30(26)33/h3-6,9-11,14-15,18-19,27-28,31-33,37-38H,7-8,12-13,16-17,20-24H2,1-2H3/t27-,28-,31+,32-,33+/m0/s1. The number of likely N-dealkylation sites (N-methyl/N-ethyl adjacent to an activating group) is 1. The van der Waals surface area contributed by atoms with Crippen molar-refractivity contribution in [2.24, 2.45) is 0 Å². The third kappa shape index (κ3) is 8.07. The maximum atomic E-state index is 11.1. The maximum Gasteiger partial charge on any atom is 0.122 e. The third-order valence-corrected chi connectivity index (χ3v) is 8.47. The summed E-state index contributed by atoms with van der Waals surface area (Å²) in [6.07, 6.45) is 6.61. The molecule has 0 bridgehead atoms. The maximum absolute atomic E-state index is 11.1. The second-order valence-electron chi connectivity index (χ2n) is 11.8. The molecule has 0 radical (unpaired) electrons. The van der Waals surface area contributed by atoms with E-state index in [2.05, 4.69) is 58.3 Å². The van der Waals surface area contributed by atoms with Crippen molar-refractivity contribution in [1.82, 2.24) is 9.80 Å². The Hall–Kier alpha value is -2.52. The number of ether oxygens (including phenoxy) is 2. The summed E-state index contributed by atoms with van der Waals surface area (Å²) in [6.45, 7) is 1.83. The Labute approximate surface area is 244 Å². The van der Waals surface area contributed by atoms with Crippen LogP contribution in [0.5, 0.6) is 0 Å². The second kappa shape index (κ2) is 14.6. The zero-order valence-corrected chi connectivity index (χ0v) is 24.5. The fourth-order valence-corrected chi connectivity index (χ4v) is 6.38. The van der Waals surface area contributed by atoms with E-state index in [1.165, 1.54) is 22.3 Å². The Balaban J connectivity index is 1.21. The van der Waals surface area contributed by atoms with E-state index in [0.29, 0.717) is 19.6 Å². The first-order chi connectivity index (χ1) is 20.0. The van der Waals surface area contributed by atoms with E-state index >= 15 is 0 Å². The lowest BCUT2D eigenvalue weighted by Crippen LogP contribution is -2.44. The van der Waals surface area contributed by atoms with Crippen molar-refractivity contribution < 1.29 is 24.1 Å². The van der Waals surface area contributed by atoms with Gasteiger partial charge in [-0.2, -0.15) is 0 Å². The summed E-state index contributed by atoms with van der Waals surface area (Å²) in [5.41, 5.74) is 5.17. The summed E-state index contributed by atoms with van der Waals surface area (Å²) in [5.74, 6) is 0.856. The van der Waals surface area contributed by atoms with Crippen molar-refractivity contribution in [1.29, 1.82) is 0 Å². The molecule has 7 heteroatoms. The lowest BCUT2D eigenvalue weighted by atomic mass is 9.89. The van der Waals surface area contributed by atoms with Gasteiger partial charge in [0.15, 0.2) is 0 Å². The van der Waals surface area contributed by atoms with Gasteiger partial charge in [0.1, 0.15) is 5.76 Å². The monoisotopic (exact) mass is 562 g/mol. The molecule has 0 unspecified atom stereocenters. The molecule has 0 aliphatic heterocycles. The minimum atomic E-state index is -0.693. The molecule has 0 fully saturated rings. The summed E-state index contributed by atoms with van der Waals surface area (Å²) >= 11 is 0. The molecule has 2 aliphatic rings. The minimum absolute atomic E-state index is 0.0121. The zero-order valence-electron chi connectivity index (χ0n) is 24.5. The number of aliphatic hydroxyl groups excluding tert-OH is 2. The van der Waals surface area contributed by atoms with Crippen LogP contribution in [0.15, 0.2) is 71.3 Å². The van der Waals surface area contributed by atoms with E-state index in [0.717, 1.165) is 44.3 Å². The number of nitrogens with zero attached hydrogens (tertiary/aromatic N) is 2. The van der Waals surface area contributed by atoms with Gasteiger partial charge in [0, 0.05) is 19.6 Å². The number of hydrogen-bond acceptors (Lipinski definition) is 7. The molecule has 3 aromatic rings. The topological polar surface area (TPSA) is 78.5 Å². The highest BCUT2D eigenvalue weighted by molar-refractivity contribution is 5.32. The van der Waals surface area contributed by atoms with Gasteiger partial charge in [0.25, 0.3) is 0 Å². The van der Waals surface area contributed by atoms with Crippen molar-refractivity contribution in [3.05, 3.63) is 94.9 Å². The van der Waals surface area contributed by atoms with Gasteiger partial charge < -0.3 is 24.1 Å². The molecule has 1 aromatic heterocycles. The predicted octanol–water partition coefficient (Wildman–Crippen LogP) is 5.09. The molecule has 0 amide bonds. The summed E-state index contributed by atoms with van der Waals surface area (Å²) in [4.78, 5) is 4.22. The molecule has 41 heavy (non-hydrogen) atoms. The van der Waals surface area contributed by atoms with Crippen LogP contribution in [0.1, 0.15) is 71.9 Å². The van der Waals surface area contributed by atoms with Crippen molar-refractivity contribution in [3.63, 3.8) is 0 Å². The van der Waals surface area contributed by atoms with Gasteiger partial charge in [-0.15, -0.1) is 0 Å². The molecule has 7 nitrogen and oxygen atoms in total. The number of rotatable bonds is 14. The fraction of sp³-hybridized carbons (Fsp3) is 0.529. The molecule has 0 spiro atoms. The van der Waals surface area contributed by atoms with E-state index in [4.69, 9.17) is 13.9 Å². The lowest BCUT2D eigenvalue weighted by molar-refractivity contribution is -0.0495. The zero-order chi connectivity index (χ0) is 28.6. The molecule has 2 N–H and O–H groups in total. The first-order valence-electron chi connectivity index (χ1n) is 15.1. The Morgan fingerprint density at radius 1 is 0.756 bits per heavy atom. The van der Waals surface area contributed by atoms with Crippen LogP contribution in [-0.4, -0.2) is 79.2 Å². The van der Waals surface area contributed by atoms with E-state index in [1.54, 1.807) is 6.26 Å². The van der Waals surface area contributed by atoms with Crippen LogP contribution in [-0.2, 0) is 22.3 Å². The average Bonchev–Trinajstić information content (AvgIpc) is 3.52. The Morgan fingerprint density at radius 2 is 1.29 bits per heavy atom. The average molecular weight is 563 g/mol. The second-order valence-corrected chi connectivity index (χ2v) is 11.8. The molecular weight excluding hydrogens is 516 g/mol. The smallest absolute Gasteiger partial charge is 0.122 e. The molecule has 222 valence electrons. The van der Waals surface area contributed by atoms with Crippen molar-refractivity contribution in [2.45, 2.75) is 69.0 Å². The van der Waals surface area contributed by atoms with Crippen LogP contribution < -0.4 is 0 Å². The highest BCUT2D eigenvalue weighted by atomic mass is 16.5. The molecule has 5 atom stereocenters. The van der Waals surface area contributed by atoms with Crippen molar-refractivity contribution in [2.75, 3.05) is 46.9 Å². The number of hydrogen-bond donors (Lipinski definition) is 2. The van der Waals surface area contributed by atoms with Crippen LogP contribution in [0.25, 0.3) is 0 Å². The number of fused-ring (bicyclic) bond motifs is 2. The summed E-state index contributed by atoms with van der Waals surface area (Å²) < 4.78 is 18.3. The van der Waals surface area contributed by atoms with Gasteiger partial charge >= 0.3 is 0 Å². The molecule has 2 aliphatic carbocycles. The van der Waals surface area contributed by atoms with Gasteiger partial charge in [-0.1, -0.05) is 48.5 Å². The lowest BCUT2D eigenvalue weighted by Gasteiger charge is -2.34. The third-order valence-electron chi connectivity index (χ3n) is 8.47. The number of benzene rings is 2. The van der Waals surface area contributed by atoms with Gasteiger partial charge in [-0.25, -0.2) is 0 Å². The van der Waals surface area contributed by atoms with Crippen LogP contribution >= 0.6 is 0 Å². The Kier molecular flexibility index (Phi) is 10.7. The Bertz CT molecular complexity index is 1130. The summed E-state index contributed by atoms with van der Waals surface area (Å²) in [5, 5.41) is 22.2. The number of furan rings is 1. The van der Waals surface area contributed by atoms with Gasteiger partial charge in [0.05, 0.1) is 49.9 Å². The first kappa shape index (κ1) is 30.0. The minimum Gasteiger partial charge on any atom is -0.468 e. The number of aryl methyl sites for hydroxylation is 2. The molecule has 2 aromatic carbocycles.